The average molecular weight is 414 g/mol. The first-order valence-electron chi connectivity index (χ1n) is 8.50. The van der Waals surface area contributed by atoms with E-state index in [1.165, 1.54) is 13.3 Å². The lowest BCUT2D eigenvalue weighted by Crippen LogP contribution is -2.25. The number of non-ortho nitro benzene ring substituents is 1. The highest BCUT2D eigenvalue weighted by atomic mass is 16.6. The van der Waals surface area contributed by atoms with Gasteiger partial charge in [-0.2, -0.15) is 5.10 Å². The van der Waals surface area contributed by atoms with E-state index in [0.717, 1.165) is 23.3 Å². The van der Waals surface area contributed by atoms with Gasteiger partial charge in [-0.1, -0.05) is 36.4 Å². The van der Waals surface area contributed by atoms with Crippen molar-refractivity contribution in [1.82, 2.24) is 5.43 Å². The molecule has 156 valence electrons. The van der Waals surface area contributed by atoms with E-state index in [9.17, 15) is 25.0 Å². The van der Waals surface area contributed by atoms with Crippen LogP contribution in [0, 0.1) is 20.2 Å². The van der Waals surface area contributed by atoms with Gasteiger partial charge in [0.1, 0.15) is 0 Å². The number of amides is 1. The van der Waals surface area contributed by atoms with Gasteiger partial charge in [0.05, 0.1) is 35.3 Å². The molecule has 0 unspecified atom stereocenters. The van der Waals surface area contributed by atoms with E-state index in [2.05, 4.69) is 10.5 Å². The Morgan fingerprint density at radius 1 is 1.17 bits per heavy atom. The first kappa shape index (κ1) is 22.0. The molecule has 0 aromatic heterocycles. The van der Waals surface area contributed by atoms with Crippen LogP contribution in [-0.4, -0.2) is 35.7 Å². The maximum atomic E-state index is 11.9. The molecule has 1 amide bonds. The summed E-state index contributed by atoms with van der Waals surface area (Å²) in [6.07, 6.45) is 3.29. The summed E-state index contributed by atoms with van der Waals surface area (Å²) < 4.78 is 10.1. The van der Waals surface area contributed by atoms with Crippen molar-refractivity contribution >= 4 is 29.6 Å². The molecule has 0 fully saturated rings. The Hall–Kier alpha value is -4.28. The fourth-order valence-corrected chi connectivity index (χ4v) is 2.34. The lowest BCUT2D eigenvalue weighted by Gasteiger charge is -2.10. The number of nitrogens with zero attached hydrogens (tertiary/aromatic N) is 3. The molecule has 11 nitrogen and oxygen atoms in total. The molecule has 0 bridgehead atoms. The monoisotopic (exact) mass is 414 g/mol. The number of nitro benzene ring substituents is 2. The molecule has 2 aromatic carbocycles. The van der Waals surface area contributed by atoms with Gasteiger partial charge in [-0.15, -0.1) is 0 Å². The summed E-state index contributed by atoms with van der Waals surface area (Å²) in [7, 11) is 1.17. The first-order valence-corrected chi connectivity index (χ1v) is 8.50. The van der Waals surface area contributed by atoms with E-state index in [1.54, 1.807) is 6.92 Å². The number of benzene rings is 2. The Bertz CT molecular complexity index is 1000. The summed E-state index contributed by atoms with van der Waals surface area (Å²) in [5.41, 5.74) is 2.73. The van der Waals surface area contributed by atoms with Crippen molar-refractivity contribution in [2.24, 2.45) is 5.10 Å². The van der Waals surface area contributed by atoms with Crippen molar-refractivity contribution in [2.75, 3.05) is 13.7 Å². The third-order valence-corrected chi connectivity index (χ3v) is 3.65. The molecule has 0 saturated carbocycles. The molecule has 0 aliphatic carbocycles. The molecular formula is C19H18N4O7. The Labute approximate surface area is 170 Å². The number of nitro groups is 2. The van der Waals surface area contributed by atoms with Crippen molar-refractivity contribution in [1.29, 1.82) is 0 Å². The van der Waals surface area contributed by atoms with Gasteiger partial charge >= 0.3 is 5.69 Å². The fraction of sp³-hybridized carbons (Fsp3) is 0.158. The quantitative estimate of drug-likeness (QED) is 0.377. The molecule has 0 spiro atoms. The van der Waals surface area contributed by atoms with E-state index >= 15 is 0 Å². The van der Waals surface area contributed by atoms with Gasteiger partial charge in [0.2, 0.25) is 5.75 Å². The van der Waals surface area contributed by atoms with Crippen molar-refractivity contribution in [3.05, 3.63) is 73.8 Å². The number of hydrogen-bond donors (Lipinski definition) is 1. The number of allylic oxidation sites excluding steroid dienone is 1. The number of hydrazone groups is 1. The summed E-state index contributed by atoms with van der Waals surface area (Å²) in [6.45, 7) is 1.18. The van der Waals surface area contributed by atoms with Crippen LogP contribution >= 0.6 is 0 Å². The number of rotatable bonds is 9. The number of ether oxygens (including phenoxy) is 2. The van der Waals surface area contributed by atoms with Crippen LogP contribution in [0.1, 0.15) is 12.5 Å². The second kappa shape index (κ2) is 10.3. The number of carbonyl (C=O) groups is 1. The number of nitrogens with one attached hydrogen (secondary N) is 1. The first-order chi connectivity index (χ1) is 14.3. The molecule has 11 heteroatoms. The lowest BCUT2D eigenvalue weighted by molar-refractivity contribution is -0.394. The van der Waals surface area contributed by atoms with Gasteiger partial charge in [-0.05, 0) is 18.1 Å². The Morgan fingerprint density at radius 2 is 1.87 bits per heavy atom. The van der Waals surface area contributed by atoms with Gasteiger partial charge in [-0.3, -0.25) is 25.0 Å². The van der Waals surface area contributed by atoms with E-state index in [4.69, 9.17) is 9.47 Å². The van der Waals surface area contributed by atoms with Crippen molar-refractivity contribution < 1.29 is 24.1 Å². The molecule has 0 aliphatic heterocycles. The molecular weight excluding hydrogens is 396 g/mol. The molecule has 0 atom stereocenters. The second-order valence-corrected chi connectivity index (χ2v) is 5.89. The maximum Gasteiger partial charge on any atom is 0.321 e. The molecule has 2 aromatic rings. The Morgan fingerprint density at radius 3 is 2.47 bits per heavy atom. The van der Waals surface area contributed by atoms with Crippen LogP contribution in [0.4, 0.5) is 11.4 Å². The van der Waals surface area contributed by atoms with E-state index in [0.29, 0.717) is 0 Å². The minimum absolute atomic E-state index is 0.242. The largest absolute Gasteiger partial charge is 0.492 e. The van der Waals surface area contributed by atoms with Gasteiger partial charge < -0.3 is 9.47 Å². The van der Waals surface area contributed by atoms with Crippen LogP contribution < -0.4 is 14.9 Å². The highest BCUT2D eigenvalue weighted by Gasteiger charge is 2.27. The zero-order valence-corrected chi connectivity index (χ0v) is 16.1. The van der Waals surface area contributed by atoms with Crippen LogP contribution in [0.2, 0.25) is 0 Å². The molecule has 0 heterocycles. The molecule has 2 rings (SSSR count). The van der Waals surface area contributed by atoms with Crippen LogP contribution in [0.15, 0.2) is 53.1 Å². The molecule has 0 aliphatic rings. The predicted molar refractivity (Wildman–Crippen MR) is 109 cm³/mol. The van der Waals surface area contributed by atoms with Gasteiger partial charge in [-0.25, -0.2) is 5.43 Å². The van der Waals surface area contributed by atoms with Gasteiger partial charge in [0.15, 0.2) is 12.4 Å². The maximum absolute atomic E-state index is 11.9. The average Bonchev–Trinajstić information content (AvgIpc) is 2.72. The van der Waals surface area contributed by atoms with Crippen LogP contribution in [-0.2, 0) is 4.79 Å². The number of carbonyl (C=O) groups excluding carboxylic acids is 1. The normalized spacial score (nSPS) is 11.2. The SMILES string of the molecule is COc1cc([N+](=O)[O-])cc([N+](=O)[O-])c1OCC(=O)N/N=C\C(C)=C\c1ccccc1. The summed E-state index contributed by atoms with van der Waals surface area (Å²) in [4.78, 5) is 32.4. The fourth-order valence-electron chi connectivity index (χ4n) is 2.34. The molecule has 0 radical (unpaired) electrons. The van der Waals surface area contributed by atoms with Crippen molar-refractivity contribution in [3.8, 4) is 11.5 Å². The third kappa shape index (κ3) is 6.12. The van der Waals surface area contributed by atoms with Crippen LogP contribution in [0.3, 0.4) is 0 Å². The second-order valence-electron chi connectivity index (χ2n) is 5.89. The molecule has 30 heavy (non-hydrogen) atoms. The van der Waals surface area contributed by atoms with Gasteiger partial charge in [0, 0.05) is 0 Å². The minimum Gasteiger partial charge on any atom is -0.492 e. The van der Waals surface area contributed by atoms with Crippen LogP contribution in [0.5, 0.6) is 11.5 Å². The van der Waals surface area contributed by atoms with E-state index in [-0.39, 0.29) is 5.75 Å². The van der Waals surface area contributed by atoms with Gasteiger partial charge in [0.25, 0.3) is 11.6 Å². The standard InChI is InChI=1S/C19H18N4O7/c1-13(8-14-6-4-3-5-7-14)11-20-21-18(24)12-30-19-16(23(27)28)9-15(22(25)26)10-17(19)29-2/h3-11H,12H2,1-2H3,(H,21,24)/b13-8+,20-11-. The molecule has 1 N–H and O–H groups in total. The zero-order chi connectivity index (χ0) is 22.1. The van der Waals surface area contributed by atoms with E-state index in [1.807, 2.05) is 36.4 Å². The highest BCUT2D eigenvalue weighted by molar-refractivity contribution is 5.86. The summed E-state index contributed by atoms with van der Waals surface area (Å²) >= 11 is 0. The van der Waals surface area contributed by atoms with Crippen LogP contribution in [0.25, 0.3) is 6.08 Å². The van der Waals surface area contributed by atoms with Crippen molar-refractivity contribution in [2.45, 2.75) is 6.92 Å². The summed E-state index contributed by atoms with van der Waals surface area (Å²) in [5, 5.41) is 25.9. The van der Waals surface area contributed by atoms with E-state index < -0.39 is 39.5 Å². The summed E-state index contributed by atoms with van der Waals surface area (Å²) in [5.74, 6) is -1.32. The highest BCUT2D eigenvalue weighted by Crippen LogP contribution is 2.40. The minimum atomic E-state index is -0.862. The Balaban J connectivity index is 2.04. The summed E-state index contributed by atoms with van der Waals surface area (Å²) in [6, 6.07) is 11.2. The molecule has 0 saturated heterocycles. The Kier molecular flexibility index (Phi) is 7.57. The number of methoxy groups -OCH3 is 1. The zero-order valence-electron chi connectivity index (χ0n) is 16.1. The third-order valence-electron chi connectivity index (χ3n) is 3.65. The van der Waals surface area contributed by atoms with Crippen molar-refractivity contribution in [3.63, 3.8) is 0 Å². The number of hydrogen-bond acceptors (Lipinski definition) is 8. The predicted octanol–water partition coefficient (Wildman–Crippen LogP) is 3.10. The smallest absolute Gasteiger partial charge is 0.321 e. The topological polar surface area (TPSA) is 146 Å². The lowest BCUT2D eigenvalue weighted by atomic mass is 10.1.